The van der Waals surface area contributed by atoms with E-state index in [4.69, 9.17) is 4.42 Å². The third-order valence-corrected chi connectivity index (χ3v) is 4.50. The number of fused-ring (bicyclic) bond motifs is 1. The van der Waals surface area contributed by atoms with Crippen molar-refractivity contribution in [2.75, 3.05) is 5.32 Å². The molecule has 1 amide bonds. The second-order valence-corrected chi connectivity index (χ2v) is 6.46. The van der Waals surface area contributed by atoms with Crippen LogP contribution in [0.4, 0.5) is 10.1 Å². The van der Waals surface area contributed by atoms with E-state index in [9.17, 15) is 14.0 Å². The second kappa shape index (κ2) is 7.12. The fourth-order valence-electron chi connectivity index (χ4n) is 3.02. The smallest absolute Gasteiger partial charge is 0.255 e. The van der Waals surface area contributed by atoms with Crippen molar-refractivity contribution in [2.24, 2.45) is 0 Å². The number of hydrogen-bond donors (Lipinski definition) is 1. The molecule has 0 fully saturated rings. The number of rotatable bonds is 3. The molecule has 1 heterocycles. The van der Waals surface area contributed by atoms with E-state index in [0.717, 1.165) is 11.1 Å². The number of carbonyl (C=O) groups is 1. The van der Waals surface area contributed by atoms with Gasteiger partial charge in [0.25, 0.3) is 5.91 Å². The Morgan fingerprint density at radius 2 is 1.71 bits per heavy atom. The van der Waals surface area contributed by atoms with Crippen LogP contribution >= 0.6 is 0 Å². The van der Waals surface area contributed by atoms with E-state index in [-0.39, 0.29) is 11.3 Å². The summed E-state index contributed by atoms with van der Waals surface area (Å²) in [5.74, 6) is -0.303. The molecule has 4 nitrogen and oxygen atoms in total. The van der Waals surface area contributed by atoms with Crippen LogP contribution in [-0.2, 0) is 0 Å². The highest BCUT2D eigenvalue weighted by Gasteiger charge is 2.11. The minimum atomic E-state index is -0.413. The van der Waals surface area contributed by atoms with Crippen LogP contribution < -0.4 is 10.7 Å². The molecule has 4 aromatic rings. The summed E-state index contributed by atoms with van der Waals surface area (Å²) < 4.78 is 18.9. The van der Waals surface area contributed by atoms with Crippen molar-refractivity contribution >= 4 is 22.6 Å². The summed E-state index contributed by atoms with van der Waals surface area (Å²) >= 11 is 0. The number of nitrogens with one attached hydrogen (secondary N) is 1. The zero-order valence-electron chi connectivity index (χ0n) is 15.0. The fraction of sp³-hybridized carbons (Fsp3) is 0.0435. The Balaban J connectivity index is 1.68. The van der Waals surface area contributed by atoms with Gasteiger partial charge in [0.15, 0.2) is 5.43 Å². The molecule has 0 aliphatic heterocycles. The number of carbonyl (C=O) groups excluding carboxylic acids is 1. The van der Waals surface area contributed by atoms with Gasteiger partial charge in [-0.15, -0.1) is 0 Å². The third-order valence-electron chi connectivity index (χ3n) is 4.50. The summed E-state index contributed by atoms with van der Waals surface area (Å²) in [6.45, 7) is 1.95. The van der Waals surface area contributed by atoms with Gasteiger partial charge in [0.2, 0.25) is 0 Å². The lowest BCUT2D eigenvalue weighted by Gasteiger charge is -2.08. The van der Waals surface area contributed by atoms with Crippen LogP contribution in [0.15, 0.2) is 82.0 Å². The van der Waals surface area contributed by atoms with Crippen LogP contribution in [0, 0.1) is 12.7 Å². The topological polar surface area (TPSA) is 59.3 Å². The summed E-state index contributed by atoms with van der Waals surface area (Å²) in [7, 11) is 0. The normalized spacial score (nSPS) is 10.8. The first kappa shape index (κ1) is 17.7. The van der Waals surface area contributed by atoms with Gasteiger partial charge in [0.05, 0.1) is 5.39 Å². The van der Waals surface area contributed by atoms with E-state index in [1.165, 1.54) is 30.3 Å². The molecule has 4 rings (SSSR count). The second-order valence-electron chi connectivity index (χ2n) is 6.46. The summed E-state index contributed by atoms with van der Waals surface area (Å²) in [6, 6.07) is 19.2. The Morgan fingerprint density at radius 1 is 0.964 bits per heavy atom. The van der Waals surface area contributed by atoms with Gasteiger partial charge in [0, 0.05) is 22.9 Å². The Morgan fingerprint density at radius 3 is 2.46 bits per heavy atom. The van der Waals surface area contributed by atoms with Crippen LogP contribution in [0.25, 0.3) is 22.3 Å². The number of benzene rings is 3. The van der Waals surface area contributed by atoms with Gasteiger partial charge < -0.3 is 9.73 Å². The van der Waals surface area contributed by atoms with Gasteiger partial charge in [-0.25, -0.2) is 4.39 Å². The van der Waals surface area contributed by atoms with E-state index in [1.54, 1.807) is 18.2 Å². The lowest BCUT2D eigenvalue weighted by molar-refractivity contribution is 0.102. The van der Waals surface area contributed by atoms with Crippen LogP contribution in [0.3, 0.4) is 0 Å². The highest BCUT2D eigenvalue weighted by Crippen LogP contribution is 2.26. The van der Waals surface area contributed by atoms with E-state index in [2.05, 4.69) is 5.32 Å². The standard InChI is InChI=1S/C23H16FNO3/c1-14-4-2-3-5-18(14)22-13-20(26)19-12-17(10-11-21(19)28-22)25-23(27)15-6-8-16(24)9-7-15/h2-13H,1H3,(H,25,27). The van der Waals surface area contributed by atoms with Gasteiger partial charge in [-0.05, 0) is 55.0 Å². The van der Waals surface area contributed by atoms with Gasteiger partial charge in [-0.3, -0.25) is 9.59 Å². The van der Waals surface area contributed by atoms with Gasteiger partial charge in [-0.1, -0.05) is 24.3 Å². The van der Waals surface area contributed by atoms with Gasteiger partial charge in [0.1, 0.15) is 17.2 Å². The Bertz CT molecular complexity index is 1240. The number of amides is 1. The molecule has 1 aromatic heterocycles. The Labute approximate surface area is 160 Å². The maximum atomic E-state index is 13.0. The lowest BCUT2D eigenvalue weighted by atomic mass is 10.1. The SMILES string of the molecule is Cc1ccccc1-c1cc(=O)c2cc(NC(=O)c3ccc(F)cc3)ccc2o1. The Hall–Kier alpha value is -3.73. The summed E-state index contributed by atoms with van der Waals surface area (Å²) in [4.78, 5) is 24.9. The maximum Gasteiger partial charge on any atom is 0.255 e. The predicted molar refractivity (Wildman–Crippen MR) is 107 cm³/mol. The molecular formula is C23H16FNO3. The van der Waals surface area contributed by atoms with E-state index < -0.39 is 5.82 Å². The summed E-state index contributed by atoms with van der Waals surface area (Å²) in [6.07, 6.45) is 0. The van der Waals surface area contributed by atoms with Crippen molar-refractivity contribution < 1.29 is 13.6 Å². The molecule has 5 heteroatoms. The highest BCUT2D eigenvalue weighted by atomic mass is 19.1. The number of anilines is 1. The summed E-state index contributed by atoms with van der Waals surface area (Å²) in [5, 5.41) is 3.08. The average molecular weight is 373 g/mol. The minimum absolute atomic E-state index is 0.197. The molecule has 28 heavy (non-hydrogen) atoms. The third kappa shape index (κ3) is 3.42. The van der Waals surface area contributed by atoms with Crippen molar-refractivity contribution in [2.45, 2.75) is 6.92 Å². The molecule has 0 unspecified atom stereocenters. The highest BCUT2D eigenvalue weighted by molar-refractivity contribution is 6.05. The number of aryl methyl sites for hydroxylation is 1. The molecule has 0 saturated heterocycles. The molecule has 0 saturated carbocycles. The molecule has 138 valence electrons. The first-order valence-corrected chi connectivity index (χ1v) is 8.72. The Kier molecular flexibility index (Phi) is 4.49. The van der Waals surface area contributed by atoms with Crippen LogP contribution in [0.5, 0.6) is 0 Å². The summed E-state index contributed by atoms with van der Waals surface area (Å²) in [5.41, 5.74) is 2.88. The molecular weight excluding hydrogens is 357 g/mol. The molecule has 0 spiro atoms. The van der Waals surface area contributed by atoms with E-state index in [0.29, 0.717) is 28.0 Å². The van der Waals surface area contributed by atoms with Crippen molar-refractivity contribution in [1.29, 1.82) is 0 Å². The monoisotopic (exact) mass is 373 g/mol. The number of halogens is 1. The molecule has 0 radical (unpaired) electrons. The molecule has 0 aliphatic rings. The fourth-order valence-corrected chi connectivity index (χ4v) is 3.02. The van der Waals surface area contributed by atoms with Crippen LogP contribution in [0.1, 0.15) is 15.9 Å². The largest absolute Gasteiger partial charge is 0.456 e. The molecule has 0 bridgehead atoms. The average Bonchev–Trinajstić information content (AvgIpc) is 2.69. The lowest BCUT2D eigenvalue weighted by Crippen LogP contribution is -2.12. The van der Waals surface area contributed by atoms with Crippen molar-refractivity contribution in [3.63, 3.8) is 0 Å². The minimum Gasteiger partial charge on any atom is -0.456 e. The van der Waals surface area contributed by atoms with E-state index >= 15 is 0 Å². The van der Waals surface area contributed by atoms with Crippen LogP contribution in [0.2, 0.25) is 0 Å². The van der Waals surface area contributed by atoms with Gasteiger partial charge >= 0.3 is 0 Å². The van der Waals surface area contributed by atoms with Crippen molar-refractivity contribution in [1.82, 2.24) is 0 Å². The van der Waals surface area contributed by atoms with Crippen molar-refractivity contribution in [3.8, 4) is 11.3 Å². The number of hydrogen-bond acceptors (Lipinski definition) is 3. The zero-order valence-corrected chi connectivity index (χ0v) is 15.0. The molecule has 3 aromatic carbocycles. The molecule has 0 atom stereocenters. The zero-order chi connectivity index (χ0) is 19.7. The quantitative estimate of drug-likeness (QED) is 0.540. The molecule has 1 N–H and O–H groups in total. The van der Waals surface area contributed by atoms with Gasteiger partial charge in [-0.2, -0.15) is 0 Å². The maximum absolute atomic E-state index is 13.0. The van der Waals surface area contributed by atoms with E-state index in [1.807, 2.05) is 31.2 Å². The van der Waals surface area contributed by atoms with Crippen molar-refractivity contribution in [3.05, 3.63) is 100.0 Å². The van der Waals surface area contributed by atoms with Crippen LogP contribution in [-0.4, -0.2) is 5.91 Å². The first-order valence-electron chi connectivity index (χ1n) is 8.72. The predicted octanol–water partition coefficient (Wildman–Crippen LogP) is 5.16. The first-order chi connectivity index (χ1) is 13.5. The molecule has 0 aliphatic carbocycles.